The van der Waals surface area contributed by atoms with E-state index in [1.165, 1.54) is 6.07 Å². The van der Waals surface area contributed by atoms with Gasteiger partial charge in [-0.25, -0.2) is 4.79 Å². The molecule has 33 heavy (non-hydrogen) atoms. The standard InChI is InChI=1S/C27H36ClNO4/c1-8-29(24(31)12-10-19-9-11-22(30)16-23(19)28)17-18-13-20(25(32)33-27(5,6)7)15-21(14-18)26(2,3)4/h9,11,13-16,30H,8,10,12,17H2,1-7H3. The summed E-state index contributed by atoms with van der Waals surface area (Å²) in [5.41, 5.74) is 2.47. The predicted molar refractivity (Wildman–Crippen MR) is 133 cm³/mol. The van der Waals surface area contributed by atoms with Crippen molar-refractivity contribution in [2.75, 3.05) is 6.54 Å². The second-order valence-electron chi connectivity index (χ2n) is 10.4. The molecule has 0 aliphatic rings. The van der Waals surface area contributed by atoms with Crippen LogP contribution in [-0.4, -0.2) is 34.0 Å². The number of phenolic OH excluding ortho intramolecular Hbond substituents is 1. The Morgan fingerprint density at radius 2 is 1.70 bits per heavy atom. The van der Waals surface area contributed by atoms with Gasteiger partial charge in [-0.2, -0.15) is 0 Å². The van der Waals surface area contributed by atoms with Crippen molar-refractivity contribution in [1.82, 2.24) is 4.90 Å². The Bertz CT molecular complexity index is 1000. The third-order valence-electron chi connectivity index (χ3n) is 5.25. The van der Waals surface area contributed by atoms with Crippen LogP contribution in [0.3, 0.4) is 0 Å². The number of rotatable bonds is 7. The summed E-state index contributed by atoms with van der Waals surface area (Å²) in [6, 6.07) is 10.5. The van der Waals surface area contributed by atoms with E-state index < -0.39 is 5.60 Å². The van der Waals surface area contributed by atoms with E-state index in [9.17, 15) is 14.7 Å². The first-order valence-electron chi connectivity index (χ1n) is 11.3. The van der Waals surface area contributed by atoms with Crippen molar-refractivity contribution in [3.63, 3.8) is 0 Å². The minimum absolute atomic E-state index is 0.00150. The summed E-state index contributed by atoms with van der Waals surface area (Å²) in [7, 11) is 0. The third-order valence-corrected chi connectivity index (χ3v) is 5.60. The molecule has 6 heteroatoms. The van der Waals surface area contributed by atoms with Gasteiger partial charge in [0.05, 0.1) is 5.56 Å². The van der Waals surface area contributed by atoms with Crippen LogP contribution in [0.1, 0.15) is 81.9 Å². The fraction of sp³-hybridized carbons (Fsp3) is 0.481. The molecule has 0 bridgehead atoms. The maximum Gasteiger partial charge on any atom is 0.338 e. The maximum atomic E-state index is 13.0. The van der Waals surface area contributed by atoms with Gasteiger partial charge in [0.1, 0.15) is 11.4 Å². The maximum absolute atomic E-state index is 13.0. The average molecular weight is 474 g/mol. The zero-order valence-electron chi connectivity index (χ0n) is 20.8. The van der Waals surface area contributed by atoms with Crippen molar-refractivity contribution in [3.05, 3.63) is 63.7 Å². The Kier molecular flexibility index (Phi) is 8.58. The summed E-state index contributed by atoms with van der Waals surface area (Å²) in [5, 5.41) is 9.97. The first kappa shape index (κ1) is 26.7. The Labute approximate surface area is 202 Å². The summed E-state index contributed by atoms with van der Waals surface area (Å²) < 4.78 is 5.58. The van der Waals surface area contributed by atoms with Gasteiger partial charge in [-0.1, -0.05) is 44.5 Å². The van der Waals surface area contributed by atoms with Gasteiger partial charge < -0.3 is 14.7 Å². The fourth-order valence-electron chi connectivity index (χ4n) is 3.41. The van der Waals surface area contributed by atoms with Crippen molar-refractivity contribution < 1.29 is 19.4 Å². The Hall–Kier alpha value is -2.53. The highest BCUT2D eigenvalue weighted by molar-refractivity contribution is 6.31. The Morgan fingerprint density at radius 1 is 1.03 bits per heavy atom. The van der Waals surface area contributed by atoms with Gasteiger partial charge in [-0.3, -0.25) is 4.79 Å². The molecule has 0 unspecified atom stereocenters. The third kappa shape index (κ3) is 8.08. The molecule has 0 saturated carbocycles. The van der Waals surface area contributed by atoms with Crippen molar-refractivity contribution in [1.29, 1.82) is 0 Å². The van der Waals surface area contributed by atoms with E-state index in [4.69, 9.17) is 16.3 Å². The van der Waals surface area contributed by atoms with Gasteiger partial charge in [0.2, 0.25) is 5.91 Å². The number of carbonyl (C=O) groups excluding carboxylic acids is 2. The molecular weight excluding hydrogens is 438 g/mol. The molecule has 0 radical (unpaired) electrons. The van der Waals surface area contributed by atoms with Gasteiger partial charge in [0.25, 0.3) is 0 Å². The van der Waals surface area contributed by atoms with Crippen LogP contribution in [0.15, 0.2) is 36.4 Å². The van der Waals surface area contributed by atoms with Crippen molar-refractivity contribution in [2.24, 2.45) is 0 Å². The molecule has 180 valence electrons. The highest BCUT2D eigenvalue weighted by Crippen LogP contribution is 2.27. The molecule has 2 aromatic carbocycles. The normalized spacial score (nSPS) is 11.9. The smallest absolute Gasteiger partial charge is 0.338 e. The molecular formula is C27H36ClNO4. The van der Waals surface area contributed by atoms with E-state index in [0.29, 0.717) is 36.5 Å². The summed E-state index contributed by atoms with van der Waals surface area (Å²) in [4.78, 5) is 27.5. The fourth-order valence-corrected chi connectivity index (χ4v) is 3.68. The molecule has 0 spiro atoms. The number of hydrogen-bond donors (Lipinski definition) is 1. The van der Waals surface area contributed by atoms with E-state index in [0.717, 1.165) is 16.7 Å². The summed E-state index contributed by atoms with van der Waals surface area (Å²) in [5.74, 6) is -0.266. The molecule has 5 nitrogen and oxygen atoms in total. The molecule has 0 saturated heterocycles. The summed E-state index contributed by atoms with van der Waals surface area (Å²) in [6.45, 7) is 14.7. The van der Waals surface area contributed by atoms with Gasteiger partial charge in [-0.15, -0.1) is 0 Å². The van der Waals surface area contributed by atoms with Crippen LogP contribution in [0.25, 0.3) is 0 Å². The molecule has 0 aromatic heterocycles. The van der Waals surface area contributed by atoms with Crippen molar-refractivity contribution in [3.8, 4) is 5.75 Å². The van der Waals surface area contributed by atoms with Gasteiger partial charge in [0.15, 0.2) is 0 Å². The predicted octanol–water partition coefficient (Wildman–Crippen LogP) is 6.28. The average Bonchev–Trinajstić information content (AvgIpc) is 2.69. The Morgan fingerprint density at radius 3 is 2.24 bits per heavy atom. The van der Waals surface area contributed by atoms with Gasteiger partial charge in [0, 0.05) is 24.5 Å². The molecule has 0 aliphatic carbocycles. The molecule has 2 rings (SSSR count). The zero-order chi connectivity index (χ0) is 25.0. The lowest BCUT2D eigenvalue weighted by atomic mass is 9.85. The molecule has 2 aromatic rings. The first-order chi connectivity index (χ1) is 15.2. The van der Waals surface area contributed by atoms with Crippen molar-refractivity contribution in [2.45, 2.75) is 78.9 Å². The number of halogens is 1. The minimum atomic E-state index is -0.587. The van der Waals surface area contributed by atoms with E-state index in [2.05, 4.69) is 26.8 Å². The van der Waals surface area contributed by atoms with Crippen molar-refractivity contribution >= 4 is 23.5 Å². The number of esters is 1. The number of nitrogens with zero attached hydrogens (tertiary/aromatic N) is 1. The monoisotopic (exact) mass is 473 g/mol. The number of amides is 1. The first-order valence-corrected chi connectivity index (χ1v) is 11.7. The molecule has 0 fully saturated rings. The van der Waals surface area contributed by atoms with E-state index in [1.807, 2.05) is 39.8 Å². The van der Waals surface area contributed by atoms with Crippen LogP contribution in [0, 0.1) is 0 Å². The second kappa shape index (κ2) is 10.6. The molecule has 0 atom stereocenters. The van der Waals surface area contributed by atoms with Crippen LogP contribution in [0.2, 0.25) is 5.02 Å². The number of phenols is 1. The van der Waals surface area contributed by atoms with Gasteiger partial charge >= 0.3 is 5.97 Å². The van der Waals surface area contributed by atoms with E-state index >= 15 is 0 Å². The molecule has 0 aliphatic heterocycles. The van der Waals surface area contributed by atoms with Crippen LogP contribution < -0.4 is 0 Å². The Balaban J connectivity index is 2.23. The highest BCUT2D eigenvalue weighted by atomic mass is 35.5. The highest BCUT2D eigenvalue weighted by Gasteiger charge is 2.23. The number of benzene rings is 2. The lowest BCUT2D eigenvalue weighted by Crippen LogP contribution is -2.31. The number of hydrogen-bond acceptors (Lipinski definition) is 4. The van der Waals surface area contributed by atoms with Crippen LogP contribution in [-0.2, 0) is 27.9 Å². The number of aryl methyl sites for hydroxylation is 1. The summed E-state index contributed by atoms with van der Waals surface area (Å²) >= 11 is 6.18. The quantitative estimate of drug-likeness (QED) is 0.480. The number of ether oxygens (including phenoxy) is 1. The number of aromatic hydroxyl groups is 1. The molecule has 0 heterocycles. The largest absolute Gasteiger partial charge is 0.508 e. The summed E-state index contributed by atoms with van der Waals surface area (Å²) in [6.07, 6.45) is 0.788. The van der Waals surface area contributed by atoms with Gasteiger partial charge in [-0.05, 0) is 80.5 Å². The topological polar surface area (TPSA) is 66.8 Å². The second-order valence-corrected chi connectivity index (χ2v) is 10.8. The van der Waals surface area contributed by atoms with E-state index in [1.54, 1.807) is 17.0 Å². The lowest BCUT2D eigenvalue weighted by Gasteiger charge is -2.25. The van der Waals surface area contributed by atoms with Crippen LogP contribution in [0.5, 0.6) is 5.75 Å². The van der Waals surface area contributed by atoms with E-state index in [-0.39, 0.29) is 23.0 Å². The zero-order valence-corrected chi connectivity index (χ0v) is 21.5. The minimum Gasteiger partial charge on any atom is -0.508 e. The molecule has 1 amide bonds. The van der Waals surface area contributed by atoms with Crippen LogP contribution >= 0.6 is 11.6 Å². The lowest BCUT2D eigenvalue weighted by molar-refractivity contribution is -0.131. The number of carbonyl (C=O) groups is 2. The SMILES string of the molecule is CCN(Cc1cc(C(=O)OC(C)(C)C)cc(C(C)(C)C)c1)C(=O)CCc1ccc(O)cc1Cl. The van der Waals surface area contributed by atoms with Crippen LogP contribution in [0.4, 0.5) is 0 Å². The molecule has 1 N–H and O–H groups in total.